The predicted octanol–water partition coefficient (Wildman–Crippen LogP) is 4.29. The van der Waals surface area contributed by atoms with Crippen LogP contribution in [0, 0.1) is 0 Å². The van der Waals surface area contributed by atoms with Gasteiger partial charge in [0.25, 0.3) is 0 Å². The summed E-state index contributed by atoms with van der Waals surface area (Å²) >= 11 is 0. The summed E-state index contributed by atoms with van der Waals surface area (Å²) < 4.78 is 5.82. The average molecular weight is 290 g/mol. The average Bonchev–Trinajstić information content (AvgIpc) is 2.51. The zero-order valence-electron chi connectivity index (χ0n) is 13.8. The molecular weight excluding hydrogens is 260 g/mol. The molecule has 1 aliphatic rings. The van der Waals surface area contributed by atoms with Gasteiger partial charge in [-0.1, -0.05) is 13.3 Å². The van der Waals surface area contributed by atoms with Gasteiger partial charge >= 0.3 is 0 Å². The second-order valence-corrected chi connectivity index (χ2v) is 5.87. The summed E-state index contributed by atoms with van der Waals surface area (Å²) in [4.78, 5) is 2.37. The quantitative estimate of drug-likeness (QED) is 0.810. The summed E-state index contributed by atoms with van der Waals surface area (Å²) in [7, 11) is 0. The van der Waals surface area contributed by atoms with Crippen molar-refractivity contribution in [1.29, 1.82) is 0 Å². The van der Waals surface area contributed by atoms with Crippen LogP contribution in [0.5, 0.6) is 0 Å². The third kappa shape index (κ3) is 4.63. The minimum atomic E-state index is 0.441. The molecule has 21 heavy (non-hydrogen) atoms. The van der Waals surface area contributed by atoms with Gasteiger partial charge in [-0.15, -0.1) is 0 Å². The maximum absolute atomic E-state index is 5.82. The smallest absolute Gasteiger partial charge is 0.0594 e. The number of hydrogen-bond donors (Lipinski definition) is 1. The lowest BCUT2D eigenvalue weighted by atomic mass is 10.00. The Morgan fingerprint density at radius 1 is 1.14 bits per heavy atom. The second-order valence-electron chi connectivity index (χ2n) is 5.87. The summed E-state index contributed by atoms with van der Waals surface area (Å²) in [6.07, 6.45) is 5.06. The zero-order valence-corrected chi connectivity index (χ0v) is 13.8. The molecule has 0 saturated carbocycles. The largest absolute Gasteiger partial charge is 0.382 e. The first-order chi connectivity index (χ1) is 10.3. The van der Waals surface area contributed by atoms with Gasteiger partial charge in [-0.2, -0.15) is 0 Å². The van der Waals surface area contributed by atoms with Gasteiger partial charge in [0.05, 0.1) is 6.10 Å². The van der Waals surface area contributed by atoms with E-state index in [0.717, 1.165) is 32.5 Å². The lowest BCUT2D eigenvalue weighted by molar-refractivity contribution is 0.00598. The highest BCUT2D eigenvalue weighted by atomic mass is 16.5. The van der Waals surface area contributed by atoms with E-state index >= 15 is 0 Å². The summed E-state index contributed by atoms with van der Waals surface area (Å²) in [5.41, 5.74) is 2.54. The van der Waals surface area contributed by atoms with Gasteiger partial charge in [0.15, 0.2) is 0 Å². The molecule has 0 radical (unpaired) electrons. The molecule has 1 N–H and O–H groups in total. The van der Waals surface area contributed by atoms with E-state index in [9.17, 15) is 0 Å². The van der Waals surface area contributed by atoms with E-state index in [1.54, 1.807) is 0 Å². The van der Waals surface area contributed by atoms with Crippen molar-refractivity contribution in [2.24, 2.45) is 0 Å². The number of benzene rings is 1. The molecule has 1 aliphatic heterocycles. The zero-order chi connectivity index (χ0) is 15.1. The maximum Gasteiger partial charge on any atom is 0.0594 e. The van der Waals surface area contributed by atoms with Crippen LogP contribution >= 0.6 is 0 Å². The third-order valence-corrected chi connectivity index (χ3v) is 4.34. The Balaban J connectivity index is 1.90. The summed E-state index contributed by atoms with van der Waals surface area (Å²) in [5, 5.41) is 3.67. The monoisotopic (exact) mass is 290 g/mol. The Bertz CT molecular complexity index is 398. The van der Waals surface area contributed by atoms with Crippen LogP contribution in [0.1, 0.15) is 46.5 Å². The lowest BCUT2D eigenvalue weighted by Crippen LogP contribution is -2.34. The number of anilines is 2. The normalized spacial score (nSPS) is 22.0. The summed E-state index contributed by atoms with van der Waals surface area (Å²) in [6, 6.07) is 9.40. The standard InChI is InChI=1S/C18H30N2O/c1-4-7-18-14-16(12-13-21-18)19-15-8-10-17(11-9-15)20(5-2)6-3/h8-11,16,18-19H,4-7,12-14H2,1-3H3. The number of hydrogen-bond acceptors (Lipinski definition) is 3. The van der Waals surface area contributed by atoms with Crippen LogP contribution in [0.3, 0.4) is 0 Å². The van der Waals surface area contributed by atoms with Gasteiger partial charge in [0.2, 0.25) is 0 Å². The fourth-order valence-electron chi connectivity index (χ4n) is 3.13. The van der Waals surface area contributed by atoms with E-state index in [-0.39, 0.29) is 0 Å². The molecule has 3 heteroatoms. The van der Waals surface area contributed by atoms with Crippen molar-refractivity contribution in [3.63, 3.8) is 0 Å². The van der Waals surface area contributed by atoms with Crippen molar-refractivity contribution < 1.29 is 4.74 Å². The highest BCUT2D eigenvalue weighted by Gasteiger charge is 2.21. The van der Waals surface area contributed by atoms with Crippen molar-refractivity contribution in [2.75, 3.05) is 29.9 Å². The van der Waals surface area contributed by atoms with Crippen LogP contribution in [-0.4, -0.2) is 31.8 Å². The molecule has 0 bridgehead atoms. The minimum Gasteiger partial charge on any atom is -0.382 e. The lowest BCUT2D eigenvalue weighted by Gasteiger charge is -2.31. The van der Waals surface area contributed by atoms with Crippen LogP contribution in [-0.2, 0) is 4.74 Å². The molecule has 118 valence electrons. The van der Waals surface area contributed by atoms with Crippen LogP contribution in [0.15, 0.2) is 24.3 Å². The Morgan fingerprint density at radius 2 is 1.86 bits per heavy atom. The van der Waals surface area contributed by atoms with Crippen LogP contribution in [0.25, 0.3) is 0 Å². The van der Waals surface area contributed by atoms with Gasteiger partial charge in [-0.05, 0) is 57.4 Å². The molecule has 0 aromatic heterocycles. The van der Waals surface area contributed by atoms with E-state index in [1.807, 2.05) is 0 Å². The van der Waals surface area contributed by atoms with E-state index in [1.165, 1.54) is 24.2 Å². The fraction of sp³-hybridized carbons (Fsp3) is 0.667. The molecule has 2 unspecified atom stereocenters. The highest BCUT2D eigenvalue weighted by Crippen LogP contribution is 2.23. The van der Waals surface area contributed by atoms with Crippen molar-refractivity contribution in [2.45, 2.75) is 58.6 Å². The maximum atomic E-state index is 5.82. The second kappa shape index (κ2) is 8.28. The van der Waals surface area contributed by atoms with Gasteiger partial charge in [-0.25, -0.2) is 0 Å². The molecule has 0 spiro atoms. The first-order valence-electron chi connectivity index (χ1n) is 8.49. The molecule has 1 aromatic carbocycles. The topological polar surface area (TPSA) is 24.5 Å². The Labute approximate surface area is 129 Å². The minimum absolute atomic E-state index is 0.441. The molecule has 1 saturated heterocycles. The van der Waals surface area contributed by atoms with Crippen LogP contribution < -0.4 is 10.2 Å². The molecule has 1 fully saturated rings. The first-order valence-corrected chi connectivity index (χ1v) is 8.49. The molecule has 1 aromatic rings. The van der Waals surface area contributed by atoms with Gasteiger partial charge < -0.3 is 15.0 Å². The molecule has 0 amide bonds. The summed E-state index contributed by atoms with van der Waals surface area (Å²) in [6.45, 7) is 9.63. The van der Waals surface area contributed by atoms with Crippen LogP contribution in [0.2, 0.25) is 0 Å². The molecule has 1 heterocycles. The number of nitrogens with one attached hydrogen (secondary N) is 1. The van der Waals surface area contributed by atoms with Gasteiger partial charge in [0, 0.05) is 37.1 Å². The SMILES string of the molecule is CCCC1CC(Nc2ccc(N(CC)CC)cc2)CCO1. The van der Waals surface area contributed by atoms with Crippen molar-refractivity contribution in [3.05, 3.63) is 24.3 Å². The predicted molar refractivity (Wildman–Crippen MR) is 91.3 cm³/mol. The highest BCUT2D eigenvalue weighted by molar-refractivity contribution is 5.55. The van der Waals surface area contributed by atoms with E-state index < -0.39 is 0 Å². The first kappa shape index (κ1) is 16.2. The molecular formula is C18H30N2O. The van der Waals surface area contributed by atoms with E-state index in [0.29, 0.717) is 12.1 Å². The van der Waals surface area contributed by atoms with Gasteiger partial charge in [-0.3, -0.25) is 0 Å². The molecule has 0 aliphatic carbocycles. The molecule has 2 rings (SSSR count). The van der Waals surface area contributed by atoms with Gasteiger partial charge in [0.1, 0.15) is 0 Å². The molecule has 3 nitrogen and oxygen atoms in total. The van der Waals surface area contributed by atoms with Crippen molar-refractivity contribution in [3.8, 4) is 0 Å². The number of nitrogens with zero attached hydrogens (tertiary/aromatic N) is 1. The Morgan fingerprint density at radius 3 is 2.48 bits per heavy atom. The summed E-state index contributed by atoms with van der Waals surface area (Å²) in [5.74, 6) is 0. The van der Waals surface area contributed by atoms with Crippen molar-refractivity contribution >= 4 is 11.4 Å². The Kier molecular flexibility index (Phi) is 6.37. The number of ether oxygens (including phenoxy) is 1. The van der Waals surface area contributed by atoms with Crippen molar-refractivity contribution in [1.82, 2.24) is 0 Å². The Hall–Kier alpha value is -1.22. The molecule has 2 atom stereocenters. The van der Waals surface area contributed by atoms with E-state index in [4.69, 9.17) is 4.74 Å². The number of rotatable bonds is 7. The fourth-order valence-corrected chi connectivity index (χ4v) is 3.13. The van der Waals surface area contributed by atoms with Crippen LogP contribution in [0.4, 0.5) is 11.4 Å². The third-order valence-electron chi connectivity index (χ3n) is 4.34. The van der Waals surface area contributed by atoms with E-state index in [2.05, 4.69) is 55.3 Å².